The van der Waals surface area contributed by atoms with Gasteiger partial charge < -0.3 is 9.66 Å². The van der Waals surface area contributed by atoms with Crippen molar-refractivity contribution in [3.63, 3.8) is 0 Å². The molecular formula is C7H5O4S-. The average molecular weight is 185 g/mol. The first kappa shape index (κ1) is 8.89. The summed E-state index contributed by atoms with van der Waals surface area (Å²) in [6.07, 6.45) is 0. The lowest BCUT2D eigenvalue weighted by Crippen LogP contribution is -2.03. The van der Waals surface area contributed by atoms with Crippen LogP contribution in [0, 0.1) is 0 Å². The Kier molecular flexibility index (Phi) is 2.57. The Hall–Kier alpha value is -1.20. The molecule has 0 saturated carbocycles. The number of hydrogen-bond donors (Lipinski definition) is 1. The molecule has 0 fully saturated rings. The van der Waals surface area contributed by atoms with Crippen LogP contribution in [0.3, 0.4) is 0 Å². The van der Waals surface area contributed by atoms with E-state index in [0.29, 0.717) is 0 Å². The highest BCUT2D eigenvalue weighted by Gasteiger charge is 2.08. The van der Waals surface area contributed by atoms with Crippen LogP contribution in [-0.4, -0.2) is 19.8 Å². The number of rotatable bonds is 2. The first-order valence-electron chi connectivity index (χ1n) is 3.04. The predicted octanol–water partition coefficient (Wildman–Crippen LogP) is 0.623. The molecule has 12 heavy (non-hydrogen) atoms. The quantitative estimate of drug-likeness (QED) is 0.685. The van der Waals surface area contributed by atoms with Gasteiger partial charge in [0.05, 0.1) is 5.56 Å². The first-order valence-corrected chi connectivity index (χ1v) is 4.12. The Morgan fingerprint density at radius 2 is 2.00 bits per heavy atom. The second-order valence-electron chi connectivity index (χ2n) is 2.04. The molecule has 1 N–H and O–H groups in total. The zero-order chi connectivity index (χ0) is 9.14. The summed E-state index contributed by atoms with van der Waals surface area (Å²) in [4.78, 5) is 10.3. The summed E-state index contributed by atoms with van der Waals surface area (Å²) in [6.45, 7) is 0. The van der Waals surface area contributed by atoms with Crippen molar-refractivity contribution < 1.29 is 18.7 Å². The second kappa shape index (κ2) is 3.46. The van der Waals surface area contributed by atoms with Crippen molar-refractivity contribution in [1.82, 2.24) is 0 Å². The maximum Gasteiger partial charge on any atom is 0.336 e. The van der Waals surface area contributed by atoms with Crippen molar-refractivity contribution in [3.8, 4) is 0 Å². The van der Waals surface area contributed by atoms with E-state index in [1.807, 2.05) is 0 Å². The van der Waals surface area contributed by atoms with Crippen LogP contribution in [0.5, 0.6) is 0 Å². The second-order valence-corrected chi connectivity index (χ2v) is 2.95. The molecule has 1 atom stereocenters. The van der Waals surface area contributed by atoms with Crippen LogP contribution in [0.2, 0.25) is 0 Å². The molecule has 0 aromatic heterocycles. The zero-order valence-electron chi connectivity index (χ0n) is 5.89. The lowest BCUT2D eigenvalue weighted by atomic mass is 10.2. The summed E-state index contributed by atoms with van der Waals surface area (Å²) in [5.74, 6) is -1.24. The van der Waals surface area contributed by atoms with Crippen molar-refractivity contribution in [2.75, 3.05) is 0 Å². The Balaban J connectivity index is 3.27. The minimum Gasteiger partial charge on any atom is -0.768 e. The average Bonchev–Trinajstić information content (AvgIpc) is 2.04. The Morgan fingerprint density at radius 1 is 1.42 bits per heavy atom. The van der Waals surface area contributed by atoms with E-state index in [0.717, 1.165) is 0 Å². The fourth-order valence-electron chi connectivity index (χ4n) is 0.789. The maximum absolute atomic E-state index is 10.5. The monoisotopic (exact) mass is 185 g/mol. The summed E-state index contributed by atoms with van der Waals surface area (Å²) in [7, 11) is 0. The SMILES string of the molecule is O=C(O)c1ccccc1S(=O)[O-]. The van der Waals surface area contributed by atoms with Gasteiger partial charge in [0.15, 0.2) is 0 Å². The molecule has 0 amide bonds. The van der Waals surface area contributed by atoms with E-state index in [4.69, 9.17) is 5.11 Å². The van der Waals surface area contributed by atoms with Crippen molar-refractivity contribution in [2.24, 2.45) is 0 Å². The van der Waals surface area contributed by atoms with E-state index in [1.165, 1.54) is 24.3 Å². The molecule has 0 bridgehead atoms. The number of hydrogen-bond acceptors (Lipinski definition) is 3. The van der Waals surface area contributed by atoms with Gasteiger partial charge in [-0.25, -0.2) is 4.79 Å². The highest BCUT2D eigenvalue weighted by atomic mass is 32.2. The third-order valence-electron chi connectivity index (χ3n) is 1.30. The molecule has 0 aliphatic heterocycles. The summed E-state index contributed by atoms with van der Waals surface area (Å²) < 4.78 is 20.9. The summed E-state index contributed by atoms with van der Waals surface area (Å²) in [5.41, 5.74) is -0.203. The lowest BCUT2D eigenvalue weighted by molar-refractivity contribution is 0.0692. The van der Waals surface area contributed by atoms with Crippen molar-refractivity contribution in [1.29, 1.82) is 0 Å². The molecule has 0 aliphatic carbocycles. The number of carboxylic acids is 1. The first-order chi connectivity index (χ1) is 5.63. The van der Waals surface area contributed by atoms with Crippen molar-refractivity contribution in [2.45, 2.75) is 4.90 Å². The van der Waals surface area contributed by atoms with Gasteiger partial charge in [-0.1, -0.05) is 12.1 Å². The minimum atomic E-state index is -2.49. The van der Waals surface area contributed by atoms with Gasteiger partial charge in [-0.05, 0) is 23.2 Å². The molecule has 0 aliphatic rings. The standard InChI is InChI=1S/C7H6O4S/c8-7(9)5-3-1-2-4-6(5)12(10)11/h1-4H,(H,8,9)(H,10,11)/p-1. The molecule has 1 aromatic rings. The Morgan fingerprint density at radius 3 is 2.42 bits per heavy atom. The molecule has 0 radical (unpaired) electrons. The molecular weight excluding hydrogens is 180 g/mol. The smallest absolute Gasteiger partial charge is 0.336 e. The van der Waals surface area contributed by atoms with Crippen LogP contribution in [0.1, 0.15) is 10.4 Å². The topological polar surface area (TPSA) is 77.4 Å². The lowest BCUT2D eigenvalue weighted by Gasteiger charge is -2.07. The van der Waals surface area contributed by atoms with Gasteiger partial charge in [0.1, 0.15) is 0 Å². The number of carbonyl (C=O) groups is 1. The zero-order valence-corrected chi connectivity index (χ0v) is 6.71. The van der Waals surface area contributed by atoms with Gasteiger partial charge in [-0.15, -0.1) is 0 Å². The van der Waals surface area contributed by atoms with Crippen LogP contribution >= 0.6 is 0 Å². The van der Waals surface area contributed by atoms with Gasteiger partial charge in [-0.3, -0.25) is 4.21 Å². The molecule has 0 heterocycles. The summed E-state index contributed by atoms with van der Waals surface area (Å²) in [5, 5.41) is 8.54. The van der Waals surface area contributed by atoms with Crippen LogP contribution in [-0.2, 0) is 11.1 Å². The van der Waals surface area contributed by atoms with Crippen LogP contribution in [0.15, 0.2) is 29.2 Å². The Labute approximate surface area is 71.1 Å². The van der Waals surface area contributed by atoms with Gasteiger partial charge in [0.25, 0.3) is 0 Å². The molecule has 1 aromatic carbocycles. The molecule has 0 saturated heterocycles. The molecule has 64 valence electrons. The predicted molar refractivity (Wildman–Crippen MR) is 40.6 cm³/mol. The maximum atomic E-state index is 10.5. The molecule has 0 spiro atoms. The van der Waals surface area contributed by atoms with E-state index >= 15 is 0 Å². The molecule has 5 heteroatoms. The summed E-state index contributed by atoms with van der Waals surface area (Å²) >= 11 is -2.49. The van der Waals surface area contributed by atoms with Gasteiger partial charge >= 0.3 is 5.97 Å². The fourth-order valence-corrected chi connectivity index (χ4v) is 1.31. The van der Waals surface area contributed by atoms with E-state index in [9.17, 15) is 13.6 Å². The Bertz CT molecular complexity index is 301. The highest BCUT2D eigenvalue weighted by molar-refractivity contribution is 7.79. The summed E-state index contributed by atoms with van der Waals surface area (Å²) in [6, 6.07) is 5.43. The third-order valence-corrected chi connectivity index (χ3v) is 2.01. The number of benzene rings is 1. The van der Waals surface area contributed by atoms with E-state index in [1.54, 1.807) is 0 Å². The van der Waals surface area contributed by atoms with Gasteiger partial charge in [0, 0.05) is 4.90 Å². The van der Waals surface area contributed by atoms with Crippen molar-refractivity contribution >= 4 is 17.0 Å². The van der Waals surface area contributed by atoms with E-state index in [-0.39, 0.29) is 10.5 Å². The van der Waals surface area contributed by atoms with Crippen LogP contribution in [0.4, 0.5) is 0 Å². The molecule has 4 nitrogen and oxygen atoms in total. The highest BCUT2D eigenvalue weighted by Crippen LogP contribution is 2.11. The molecule has 1 unspecified atom stereocenters. The van der Waals surface area contributed by atoms with E-state index in [2.05, 4.69) is 0 Å². The fraction of sp³-hybridized carbons (Fsp3) is 0. The van der Waals surface area contributed by atoms with Crippen LogP contribution in [0.25, 0.3) is 0 Å². The minimum absolute atomic E-state index is 0.190. The van der Waals surface area contributed by atoms with Crippen molar-refractivity contribution in [3.05, 3.63) is 29.8 Å². The van der Waals surface area contributed by atoms with Crippen LogP contribution < -0.4 is 0 Å². The normalized spacial score (nSPS) is 12.4. The van der Waals surface area contributed by atoms with Gasteiger partial charge in [0.2, 0.25) is 0 Å². The molecule has 1 rings (SSSR count). The third kappa shape index (κ3) is 1.69. The van der Waals surface area contributed by atoms with Gasteiger partial charge in [-0.2, -0.15) is 0 Å². The number of carboxylic acid groups (broad SMARTS) is 1. The van der Waals surface area contributed by atoms with E-state index < -0.39 is 17.0 Å². The largest absolute Gasteiger partial charge is 0.768 e. The number of aromatic carboxylic acids is 1.